The van der Waals surface area contributed by atoms with Crippen molar-refractivity contribution in [2.45, 2.75) is 43.3 Å². The maximum atomic E-state index is 13.0. The van der Waals surface area contributed by atoms with Crippen LogP contribution in [-0.2, 0) is 18.9 Å². The second kappa shape index (κ2) is 13.4. The Morgan fingerprint density at radius 1 is 0.700 bits per heavy atom. The molecule has 0 radical (unpaired) electrons. The number of benzene rings is 3. The Balaban J connectivity index is 2.05. The van der Waals surface area contributed by atoms with Crippen molar-refractivity contribution >= 4 is 64.0 Å². The van der Waals surface area contributed by atoms with Gasteiger partial charge in [-0.15, -0.1) is 0 Å². The minimum atomic E-state index is -1.64. The summed E-state index contributed by atoms with van der Waals surface area (Å²) >= 11 is 25.9. The molecular weight excluding hydrogens is 600 g/mol. The van der Waals surface area contributed by atoms with Gasteiger partial charge in [0.15, 0.2) is 11.4 Å². The Labute approximate surface area is 253 Å². The zero-order chi connectivity index (χ0) is 29.7. The largest absolute Gasteiger partial charge is 0.437 e. The van der Waals surface area contributed by atoms with E-state index in [1.807, 2.05) is 19.1 Å². The fourth-order valence-electron chi connectivity index (χ4n) is 4.01. The third-order valence-corrected chi connectivity index (χ3v) is 8.10. The van der Waals surface area contributed by atoms with Gasteiger partial charge in [-0.2, -0.15) is 0 Å². The number of hydrogen-bond acceptors (Lipinski definition) is 7. The number of alkyl halides is 2. The van der Waals surface area contributed by atoms with Crippen molar-refractivity contribution in [3.8, 4) is 0 Å². The number of methoxy groups -OCH3 is 2. The highest BCUT2D eigenvalue weighted by Gasteiger charge is 2.54. The van der Waals surface area contributed by atoms with Crippen molar-refractivity contribution in [3.63, 3.8) is 0 Å². The Morgan fingerprint density at radius 2 is 1.07 bits per heavy atom. The number of carbonyl (C=O) groups excluding carboxylic acids is 2. The summed E-state index contributed by atoms with van der Waals surface area (Å²) in [7, 11) is 2.77. The SMILES string of the molecule is COC(C)(C(Cl)OC(=O)c1ccccc1Cl)N(c1ccc(C)cc1)C(C)(OC)C(Cl)OC(=O)c1ccccc1Cl. The lowest BCUT2D eigenvalue weighted by Crippen LogP contribution is -2.68. The van der Waals surface area contributed by atoms with Gasteiger partial charge >= 0.3 is 11.9 Å². The van der Waals surface area contributed by atoms with Gasteiger partial charge in [-0.1, -0.05) is 88.4 Å². The fraction of sp³-hybridized carbons (Fsp3) is 0.310. The van der Waals surface area contributed by atoms with E-state index in [1.54, 1.807) is 67.3 Å². The van der Waals surface area contributed by atoms with Crippen molar-refractivity contribution in [1.29, 1.82) is 0 Å². The lowest BCUT2D eigenvalue weighted by molar-refractivity contribution is -0.138. The van der Waals surface area contributed by atoms with Gasteiger partial charge in [0.05, 0.1) is 21.2 Å². The van der Waals surface area contributed by atoms with E-state index in [4.69, 9.17) is 65.4 Å². The lowest BCUT2D eigenvalue weighted by atomic mass is 10.0. The lowest BCUT2D eigenvalue weighted by Gasteiger charge is -2.52. The zero-order valence-corrected chi connectivity index (χ0v) is 25.5. The molecule has 0 aromatic heterocycles. The normalized spacial score (nSPS) is 15.7. The van der Waals surface area contributed by atoms with Crippen LogP contribution in [0.2, 0.25) is 10.0 Å². The molecule has 0 N–H and O–H groups in total. The second-order valence-corrected chi connectivity index (χ2v) is 10.7. The molecule has 0 aliphatic heterocycles. The van der Waals surface area contributed by atoms with Crippen molar-refractivity contribution in [1.82, 2.24) is 0 Å². The summed E-state index contributed by atoms with van der Waals surface area (Å²) in [4.78, 5) is 27.6. The maximum Gasteiger partial charge on any atom is 0.341 e. The average Bonchev–Trinajstić information content (AvgIpc) is 2.94. The minimum Gasteiger partial charge on any atom is -0.437 e. The molecule has 7 nitrogen and oxygen atoms in total. The van der Waals surface area contributed by atoms with Crippen LogP contribution in [0, 0.1) is 6.92 Å². The Hall–Kier alpha value is -2.52. The number of esters is 2. The molecule has 40 heavy (non-hydrogen) atoms. The van der Waals surface area contributed by atoms with E-state index in [9.17, 15) is 9.59 Å². The summed E-state index contributed by atoms with van der Waals surface area (Å²) in [6, 6.07) is 20.1. The highest BCUT2D eigenvalue weighted by molar-refractivity contribution is 6.34. The summed E-state index contributed by atoms with van der Waals surface area (Å²) in [5.41, 5.74) is -4.44. The van der Waals surface area contributed by atoms with Crippen molar-refractivity contribution in [3.05, 3.63) is 99.5 Å². The smallest absolute Gasteiger partial charge is 0.341 e. The molecule has 0 amide bonds. The van der Waals surface area contributed by atoms with Gasteiger partial charge in [-0.3, -0.25) is 0 Å². The standard InChI is InChI=1S/C29H29Cl4NO6/c1-18-14-16-19(17-15-18)34(28(2,37-4)26(32)39-24(35)20-10-6-8-12-22(20)30)29(3,38-5)27(33)40-25(36)21-11-7-9-13-23(21)31/h6-17,26-27H,1-5H3. The molecule has 0 fully saturated rings. The van der Waals surface area contributed by atoms with Crippen LogP contribution in [0.1, 0.15) is 40.1 Å². The second-order valence-electron chi connectivity index (χ2n) is 9.09. The number of anilines is 1. The molecule has 0 spiro atoms. The Kier molecular flexibility index (Phi) is 10.7. The van der Waals surface area contributed by atoms with Crippen molar-refractivity contribution < 1.29 is 28.5 Å². The van der Waals surface area contributed by atoms with E-state index in [1.165, 1.54) is 26.4 Å². The van der Waals surface area contributed by atoms with E-state index in [2.05, 4.69) is 0 Å². The number of aryl methyl sites for hydroxylation is 1. The van der Waals surface area contributed by atoms with Crippen LogP contribution in [0.5, 0.6) is 0 Å². The van der Waals surface area contributed by atoms with Crippen LogP contribution in [0.15, 0.2) is 72.8 Å². The first-order valence-corrected chi connectivity index (χ1v) is 13.7. The van der Waals surface area contributed by atoms with Gasteiger partial charge in [0.25, 0.3) is 0 Å². The molecule has 214 valence electrons. The molecule has 11 heteroatoms. The zero-order valence-electron chi connectivity index (χ0n) is 22.5. The molecule has 4 atom stereocenters. The van der Waals surface area contributed by atoms with Crippen LogP contribution in [-0.4, -0.2) is 48.7 Å². The van der Waals surface area contributed by atoms with Gasteiger partial charge in [0, 0.05) is 19.9 Å². The number of carbonyl (C=O) groups is 2. The monoisotopic (exact) mass is 627 g/mol. The van der Waals surface area contributed by atoms with Crippen LogP contribution >= 0.6 is 46.4 Å². The summed E-state index contributed by atoms with van der Waals surface area (Å²) in [6.45, 7) is 5.09. The van der Waals surface area contributed by atoms with E-state index in [0.29, 0.717) is 5.69 Å². The third-order valence-electron chi connectivity index (χ3n) is 6.46. The molecule has 0 aliphatic rings. The highest BCUT2D eigenvalue weighted by Crippen LogP contribution is 2.41. The summed E-state index contributed by atoms with van der Waals surface area (Å²) < 4.78 is 23.1. The number of nitrogens with zero attached hydrogens (tertiary/aromatic N) is 1. The number of hydrogen-bond donors (Lipinski definition) is 0. The number of rotatable bonds is 11. The molecule has 3 aromatic carbocycles. The topological polar surface area (TPSA) is 74.3 Å². The summed E-state index contributed by atoms with van der Waals surface area (Å²) in [6.07, 6.45) is 0. The molecule has 0 saturated carbocycles. The van der Waals surface area contributed by atoms with Gasteiger partial charge < -0.3 is 23.8 Å². The van der Waals surface area contributed by atoms with Crippen LogP contribution < -0.4 is 4.90 Å². The van der Waals surface area contributed by atoms with Gasteiger partial charge in [-0.05, 0) is 57.2 Å². The molecule has 3 rings (SSSR count). The minimum absolute atomic E-state index is 0.119. The Morgan fingerprint density at radius 3 is 1.43 bits per heavy atom. The first-order chi connectivity index (χ1) is 18.9. The number of halogens is 4. The molecule has 0 heterocycles. The molecular formula is C29H29Cl4NO6. The van der Waals surface area contributed by atoms with Crippen LogP contribution in [0.4, 0.5) is 5.69 Å². The van der Waals surface area contributed by atoms with Gasteiger partial charge in [0.2, 0.25) is 11.1 Å². The predicted octanol–water partition coefficient (Wildman–Crippen LogP) is 7.68. The van der Waals surface area contributed by atoms with E-state index in [-0.39, 0.29) is 21.2 Å². The van der Waals surface area contributed by atoms with Crippen molar-refractivity contribution in [2.24, 2.45) is 0 Å². The maximum absolute atomic E-state index is 13.0. The quantitative estimate of drug-likeness (QED) is 0.122. The average molecular weight is 629 g/mol. The molecule has 0 aliphatic carbocycles. The molecule has 4 unspecified atom stereocenters. The summed E-state index contributed by atoms with van der Waals surface area (Å²) in [5.74, 6) is -1.55. The fourth-order valence-corrected chi connectivity index (χ4v) is 4.97. The van der Waals surface area contributed by atoms with Crippen molar-refractivity contribution in [2.75, 3.05) is 19.1 Å². The first-order valence-electron chi connectivity index (χ1n) is 12.1. The highest BCUT2D eigenvalue weighted by atomic mass is 35.5. The van der Waals surface area contributed by atoms with E-state index in [0.717, 1.165) is 5.56 Å². The predicted molar refractivity (Wildman–Crippen MR) is 158 cm³/mol. The third kappa shape index (κ3) is 6.68. The van der Waals surface area contributed by atoms with E-state index >= 15 is 0 Å². The van der Waals surface area contributed by atoms with Crippen LogP contribution in [0.25, 0.3) is 0 Å². The number of ether oxygens (including phenoxy) is 4. The van der Waals surface area contributed by atoms with Gasteiger partial charge in [-0.25, -0.2) is 9.59 Å². The molecule has 0 bridgehead atoms. The summed E-state index contributed by atoms with van der Waals surface area (Å²) in [5, 5.41) is 0.389. The Bertz CT molecular complexity index is 1260. The molecule has 0 saturated heterocycles. The van der Waals surface area contributed by atoms with E-state index < -0.39 is 34.5 Å². The van der Waals surface area contributed by atoms with Gasteiger partial charge in [0.1, 0.15) is 0 Å². The van der Waals surface area contributed by atoms with Crippen LogP contribution in [0.3, 0.4) is 0 Å². The first kappa shape index (κ1) is 32.0. The molecule has 3 aromatic rings.